The number of carbonyl (C=O) groups excluding carboxylic acids is 1. The maximum absolute atomic E-state index is 13.1. The van der Waals surface area contributed by atoms with Crippen molar-refractivity contribution in [2.45, 2.75) is 57.0 Å². The summed E-state index contributed by atoms with van der Waals surface area (Å²) in [5.74, 6) is 3.65. The molecule has 0 atom stereocenters. The van der Waals surface area contributed by atoms with Crippen LogP contribution in [0.1, 0.15) is 55.6 Å². The molecule has 5 nitrogen and oxygen atoms in total. The fraction of sp³-hybridized carbons (Fsp3) is 0.345. The van der Waals surface area contributed by atoms with Gasteiger partial charge >= 0.3 is 5.95 Å². The van der Waals surface area contributed by atoms with E-state index in [9.17, 15) is 4.79 Å². The summed E-state index contributed by atoms with van der Waals surface area (Å²) in [6.45, 7) is 10.2. The zero-order valence-electron chi connectivity index (χ0n) is 22.0. The lowest BCUT2D eigenvalue weighted by Gasteiger charge is -2.21. The highest BCUT2D eigenvalue weighted by molar-refractivity contribution is 8.76. The molecule has 0 saturated heterocycles. The van der Waals surface area contributed by atoms with Crippen molar-refractivity contribution in [1.29, 1.82) is 0 Å². The third-order valence-electron chi connectivity index (χ3n) is 7.35. The molecule has 0 amide bonds. The van der Waals surface area contributed by atoms with Gasteiger partial charge in [0.1, 0.15) is 17.0 Å². The highest BCUT2D eigenvalue weighted by Gasteiger charge is 2.50. The van der Waals surface area contributed by atoms with Gasteiger partial charge in [0.15, 0.2) is 11.3 Å². The summed E-state index contributed by atoms with van der Waals surface area (Å²) < 4.78 is 7.75. The number of ketones is 1. The van der Waals surface area contributed by atoms with Crippen LogP contribution in [0.15, 0.2) is 54.7 Å². The van der Waals surface area contributed by atoms with Gasteiger partial charge in [0.2, 0.25) is 0 Å². The molecule has 1 aliphatic rings. The van der Waals surface area contributed by atoms with Crippen molar-refractivity contribution in [3.8, 4) is 11.7 Å². The van der Waals surface area contributed by atoms with Crippen molar-refractivity contribution in [2.75, 3.05) is 7.11 Å². The number of H-pyrrole nitrogens is 1. The van der Waals surface area contributed by atoms with Crippen LogP contribution in [-0.2, 0) is 27.1 Å². The van der Waals surface area contributed by atoms with E-state index >= 15 is 0 Å². The molecule has 5 rings (SSSR count). The first-order valence-corrected chi connectivity index (χ1v) is 14.6. The molecular weight excluding hydrogens is 522 g/mol. The molecule has 8 heteroatoms. The van der Waals surface area contributed by atoms with Crippen molar-refractivity contribution in [3.63, 3.8) is 0 Å². The van der Waals surface area contributed by atoms with Crippen LogP contribution >= 0.6 is 21.6 Å². The molecule has 1 aliphatic carbocycles. The topological polar surface area (TPSA) is 58.9 Å². The Morgan fingerprint density at radius 2 is 1.62 bits per heavy atom. The van der Waals surface area contributed by atoms with E-state index in [-0.39, 0.29) is 18.2 Å². The van der Waals surface area contributed by atoms with Gasteiger partial charge in [-0.1, -0.05) is 56.9 Å². The summed E-state index contributed by atoms with van der Waals surface area (Å²) in [4.78, 5) is 21.6. The molecule has 0 aliphatic heterocycles. The van der Waals surface area contributed by atoms with Crippen molar-refractivity contribution in [2.24, 2.45) is 0 Å². The largest absolute Gasteiger partial charge is 1.00 e. The molecule has 0 bridgehead atoms. The molecular formula is C29H32ClN3O2S2. The SMILES string of the molecule is COc1cc[n+](-c2nc3cc4c(cc3[nH]2)C(C)(C)C(=O)C4(C)C)c(CSSCc2ccccc2)c1C.[Cl-]. The second-order valence-electron chi connectivity index (χ2n) is 10.4. The Bertz CT molecular complexity index is 1410. The van der Waals surface area contributed by atoms with E-state index < -0.39 is 10.8 Å². The van der Waals surface area contributed by atoms with E-state index in [1.54, 1.807) is 7.11 Å². The van der Waals surface area contributed by atoms with Crippen LogP contribution in [0.5, 0.6) is 5.75 Å². The van der Waals surface area contributed by atoms with Gasteiger partial charge in [0.05, 0.1) is 19.1 Å². The average molecular weight is 554 g/mol. The maximum atomic E-state index is 13.1. The highest BCUT2D eigenvalue weighted by atomic mass is 35.5. The van der Waals surface area contributed by atoms with Crippen LogP contribution in [0.2, 0.25) is 0 Å². The molecule has 2 heterocycles. The smallest absolute Gasteiger partial charge is 0.402 e. The number of nitrogens with one attached hydrogen (secondary N) is 1. The van der Waals surface area contributed by atoms with Crippen LogP contribution in [0.25, 0.3) is 17.0 Å². The number of aromatic amines is 1. The number of pyridine rings is 1. The Morgan fingerprint density at radius 1 is 0.973 bits per heavy atom. The number of nitrogens with zero attached hydrogens (tertiary/aromatic N) is 2. The predicted molar refractivity (Wildman–Crippen MR) is 149 cm³/mol. The van der Waals surface area contributed by atoms with Gasteiger partial charge in [0, 0.05) is 28.2 Å². The molecule has 4 aromatic rings. The number of methoxy groups -OCH3 is 1. The van der Waals surface area contributed by atoms with Crippen LogP contribution < -0.4 is 21.7 Å². The molecule has 0 spiro atoms. The fourth-order valence-corrected chi connectivity index (χ4v) is 7.48. The number of halogens is 1. The third-order valence-corrected chi connectivity index (χ3v) is 9.57. The number of hydrogen-bond acceptors (Lipinski definition) is 5. The first-order valence-electron chi connectivity index (χ1n) is 12.1. The first-order chi connectivity index (χ1) is 17.1. The second kappa shape index (κ2) is 10.4. The lowest BCUT2D eigenvalue weighted by atomic mass is 9.80. The summed E-state index contributed by atoms with van der Waals surface area (Å²) in [6.07, 6.45) is 2.02. The standard InChI is InChI=1S/C29H32N3O2S2.ClH/c1-18-24(17-36-35-16-19-10-8-7-9-11-19)32(13-12-25(18)34-6)27-30-22-14-20-21(15-23(22)31-27)29(4,5)26(33)28(20,2)3;/h7-15H,16-17H2,1-6H3,(H,30,31);1H/q+1;/p-1. The number of Topliss-reactive ketones (excluding diaryl/α,β-unsaturated/α-hetero) is 1. The minimum absolute atomic E-state index is 0. The molecule has 0 fully saturated rings. The van der Waals surface area contributed by atoms with E-state index in [0.29, 0.717) is 0 Å². The van der Waals surface area contributed by atoms with E-state index in [0.717, 1.165) is 56.6 Å². The number of ether oxygens (including phenoxy) is 1. The summed E-state index contributed by atoms with van der Waals surface area (Å²) >= 11 is 0. The Hall–Kier alpha value is -2.48. The zero-order chi connectivity index (χ0) is 25.7. The lowest BCUT2D eigenvalue weighted by Crippen LogP contribution is -3.00. The van der Waals surface area contributed by atoms with Crippen LogP contribution in [0.4, 0.5) is 0 Å². The number of benzene rings is 2. The van der Waals surface area contributed by atoms with Crippen molar-refractivity contribution in [3.05, 3.63) is 82.7 Å². The molecule has 2 aromatic carbocycles. The molecule has 37 heavy (non-hydrogen) atoms. The summed E-state index contributed by atoms with van der Waals surface area (Å²) in [5, 5.41) is 0. The molecule has 1 N–H and O–H groups in total. The quantitative estimate of drug-likeness (QED) is 0.216. The van der Waals surface area contributed by atoms with Gasteiger partial charge in [0.25, 0.3) is 0 Å². The molecule has 0 unspecified atom stereocenters. The van der Waals surface area contributed by atoms with Crippen LogP contribution in [0, 0.1) is 6.92 Å². The normalized spacial score (nSPS) is 15.5. The minimum Gasteiger partial charge on any atom is -1.00 e. The van der Waals surface area contributed by atoms with Crippen molar-refractivity contribution >= 4 is 38.4 Å². The summed E-state index contributed by atoms with van der Waals surface area (Å²) in [5.41, 5.74) is 6.51. The van der Waals surface area contributed by atoms with E-state index in [4.69, 9.17) is 9.72 Å². The first kappa shape index (κ1) is 27.6. The Kier molecular flexibility index (Phi) is 7.71. The van der Waals surface area contributed by atoms with Gasteiger partial charge in [-0.15, -0.1) is 0 Å². The minimum atomic E-state index is -0.520. The molecule has 194 valence electrons. The van der Waals surface area contributed by atoms with Gasteiger partial charge < -0.3 is 17.1 Å². The van der Waals surface area contributed by atoms with E-state index in [2.05, 4.69) is 52.9 Å². The third kappa shape index (κ3) is 4.77. The highest BCUT2D eigenvalue weighted by Crippen LogP contribution is 2.47. The van der Waals surface area contributed by atoms with Gasteiger partial charge in [-0.05, 0) is 63.4 Å². The summed E-state index contributed by atoms with van der Waals surface area (Å²) in [6, 6.07) is 16.7. The van der Waals surface area contributed by atoms with Gasteiger partial charge in [-0.2, -0.15) is 0 Å². The molecule has 0 radical (unpaired) electrons. The average Bonchev–Trinajstić information content (AvgIpc) is 3.34. The van der Waals surface area contributed by atoms with Crippen LogP contribution in [0.3, 0.4) is 0 Å². The zero-order valence-corrected chi connectivity index (χ0v) is 24.4. The number of rotatable bonds is 7. The Morgan fingerprint density at radius 3 is 2.30 bits per heavy atom. The van der Waals surface area contributed by atoms with Gasteiger partial charge in [-0.3, -0.25) is 4.79 Å². The predicted octanol–water partition coefficient (Wildman–Crippen LogP) is 3.38. The van der Waals surface area contributed by atoms with Crippen molar-refractivity contribution in [1.82, 2.24) is 9.97 Å². The Balaban J connectivity index is 0.00000320. The Labute approximate surface area is 232 Å². The number of aromatic nitrogens is 3. The van der Waals surface area contributed by atoms with Crippen molar-refractivity contribution < 1.29 is 26.5 Å². The number of imidazole rings is 1. The number of fused-ring (bicyclic) bond motifs is 2. The number of carbonyl (C=O) groups is 1. The molecule has 2 aromatic heterocycles. The molecule has 0 saturated carbocycles. The van der Waals surface area contributed by atoms with Crippen LogP contribution in [-0.4, -0.2) is 22.9 Å². The fourth-order valence-electron chi connectivity index (χ4n) is 5.28. The van der Waals surface area contributed by atoms with Gasteiger partial charge in [-0.25, -0.2) is 9.55 Å². The monoisotopic (exact) mass is 553 g/mol. The lowest BCUT2D eigenvalue weighted by molar-refractivity contribution is -0.610. The maximum Gasteiger partial charge on any atom is 0.402 e. The van der Waals surface area contributed by atoms with E-state index in [1.165, 1.54) is 5.56 Å². The second-order valence-corrected chi connectivity index (χ2v) is 12.9. The number of hydrogen-bond donors (Lipinski definition) is 1. The van der Waals surface area contributed by atoms with E-state index in [1.807, 2.05) is 67.6 Å². The summed E-state index contributed by atoms with van der Waals surface area (Å²) in [7, 11) is 5.38.